The maximum absolute atomic E-state index is 12.4. The molecule has 3 aromatic carbocycles. The van der Waals surface area contributed by atoms with Crippen LogP contribution in [0.15, 0.2) is 76.7 Å². The van der Waals surface area contributed by atoms with Crippen molar-refractivity contribution >= 4 is 51.0 Å². The van der Waals surface area contributed by atoms with Crippen LogP contribution in [0.25, 0.3) is 0 Å². The summed E-state index contributed by atoms with van der Waals surface area (Å²) in [6, 6.07) is 17.6. The number of rotatable bonds is 6. The van der Waals surface area contributed by atoms with E-state index in [9.17, 15) is 13.2 Å². The van der Waals surface area contributed by atoms with E-state index in [4.69, 9.17) is 23.2 Å². The lowest BCUT2D eigenvalue weighted by Gasteiger charge is -2.09. The molecule has 0 bridgehead atoms. The van der Waals surface area contributed by atoms with E-state index in [-0.39, 0.29) is 4.90 Å². The number of nitrogens with one attached hydrogen (secondary N) is 2. The number of benzene rings is 3. The molecule has 0 aromatic heterocycles. The molecular weight excluding hydrogens is 445 g/mol. The third kappa shape index (κ3) is 5.38. The molecule has 0 atom stereocenters. The first-order valence-corrected chi connectivity index (χ1v) is 11.0. The number of hydrogen-bond donors (Lipinski definition) is 2. The Balaban J connectivity index is 1.65. The average Bonchev–Trinajstić information content (AvgIpc) is 2.71. The fraction of sp³-hybridized carbons (Fsp3) is 0.0476. The molecule has 1 amide bonds. The lowest BCUT2D eigenvalue weighted by molar-refractivity contribution is 0.0955. The Hall–Kier alpha value is -2.87. The number of carbonyl (C=O) groups is 1. The van der Waals surface area contributed by atoms with Gasteiger partial charge in [-0.2, -0.15) is 5.10 Å². The van der Waals surface area contributed by atoms with Crippen molar-refractivity contribution in [2.45, 2.75) is 11.8 Å². The van der Waals surface area contributed by atoms with E-state index in [1.807, 2.05) is 6.92 Å². The highest BCUT2D eigenvalue weighted by molar-refractivity contribution is 7.92. The fourth-order valence-corrected chi connectivity index (χ4v) is 3.88. The summed E-state index contributed by atoms with van der Waals surface area (Å²) in [6.07, 6.45) is 1.39. The van der Waals surface area contributed by atoms with Gasteiger partial charge >= 0.3 is 0 Å². The quantitative estimate of drug-likeness (QED) is 0.405. The zero-order chi connectivity index (χ0) is 21.7. The molecule has 0 saturated carbocycles. The van der Waals surface area contributed by atoms with Gasteiger partial charge in [0.25, 0.3) is 15.9 Å². The number of sulfonamides is 1. The van der Waals surface area contributed by atoms with Crippen LogP contribution in [-0.2, 0) is 10.0 Å². The Labute approximate surface area is 184 Å². The minimum absolute atomic E-state index is 0.156. The lowest BCUT2D eigenvalue weighted by atomic mass is 10.2. The molecule has 0 fully saturated rings. The molecule has 9 heteroatoms. The van der Waals surface area contributed by atoms with E-state index in [0.717, 1.165) is 5.56 Å². The highest BCUT2D eigenvalue weighted by Crippen LogP contribution is 2.24. The Morgan fingerprint density at radius 3 is 2.30 bits per heavy atom. The molecule has 3 rings (SSSR count). The summed E-state index contributed by atoms with van der Waals surface area (Å²) in [5.41, 5.74) is 4.55. The Bertz CT molecular complexity index is 1190. The molecule has 0 aliphatic carbocycles. The Morgan fingerprint density at radius 2 is 1.63 bits per heavy atom. The molecular formula is C21H17Cl2N3O3S. The Kier molecular flexibility index (Phi) is 6.77. The first kappa shape index (κ1) is 21.8. The number of halogens is 2. The van der Waals surface area contributed by atoms with Gasteiger partial charge in [0.2, 0.25) is 0 Å². The summed E-state index contributed by atoms with van der Waals surface area (Å²) < 4.78 is 27.3. The van der Waals surface area contributed by atoms with Gasteiger partial charge in [-0.1, -0.05) is 53.0 Å². The smallest absolute Gasteiger partial charge is 0.271 e. The summed E-state index contributed by atoms with van der Waals surface area (Å²) in [5.74, 6) is -0.461. The minimum atomic E-state index is -3.71. The van der Waals surface area contributed by atoms with E-state index in [2.05, 4.69) is 15.2 Å². The molecule has 0 spiro atoms. The maximum Gasteiger partial charge on any atom is 0.271 e. The second-order valence-electron chi connectivity index (χ2n) is 6.34. The molecule has 2 N–H and O–H groups in total. The van der Waals surface area contributed by atoms with E-state index in [0.29, 0.717) is 26.9 Å². The van der Waals surface area contributed by atoms with Gasteiger partial charge in [0, 0.05) is 16.8 Å². The Morgan fingerprint density at radius 1 is 0.967 bits per heavy atom. The van der Waals surface area contributed by atoms with Crippen LogP contribution in [0.5, 0.6) is 0 Å². The first-order valence-electron chi connectivity index (χ1n) is 8.73. The second kappa shape index (κ2) is 9.30. The third-order valence-electron chi connectivity index (χ3n) is 4.08. The standard InChI is InChI=1S/C21H17Cl2N3O3S/c1-14-5-11-18(12-6-14)30(28,29)26-17-9-7-15(8-10-17)21(27)25-24-13-16-3-2-4-19(22)20(16)23/h2-13,26H,1H3,(H,25,27)/b24-13-. The fourth-order valence-electron chi connectivity index (χ4n) is 2.47. The summed E-state index contributed by atoms with van der Waals surface area (Å²) in [7, 11) is -3.71. The number of amides is 1. The molecule has 0 aliphatic rings. The molecule has 0 saturated heterocycles. The lowest BCUT2D eigenvalue weighted by Crippen LogP contribution is -2.18. The molecule has 0 unspecified atom stereocenters. The molecule has 154 valence electrons. The molecule has 3 aromatic rings. The van der Waals surface area contributed by atoms with Crippen LogP contribution in [0.4, 0.5) is 5.69 Å². The van der Waals surface area contributed by atoms with E-state index in [1.165, 1.54) is 42.6 Å². The normalized spacial score (nSPS) is 11.4. The number of aryl methyl sites for hydroxylation is 1. The van der Waals surface area contributed by atoms with E-state index in [1.54, 1.807) is 30.3 Å². The number of hydrogen-bond acceptors (Lipinski definition) is 4. The van der Waals surface area contributed by atoms with Crippen molar-refractivity contribution in [3.05, 3.63) is 93.5 Å². The number of carbonyl (C=O) groups excluding carboxylic acids is 1. The zero-order valence-corrected chi connectivity index (χ0v) is 18.1. The van der Waals surface area contributed by atoms with Gasteiger partial charge in [-0.3, -0.25) is 9.52 Å². The van der Waals surface area contributed by atoms with Crippen LogP contribution < -0.4 is 10.1 Å². The van der Waals surface area contributed by atoms with Gasteiger partial charge in [-0.05, 0) is 49.4 Å². The SMILES string of the molecule is Cc1ccc(S(=O)(=O)Nc2ccc(C(=O)N/N=C\c3cccc(Cl)c3Cl)cc2)cc1. The van der Waals surface area contributed by atoms with Gasteiger partial charge in [-0.15, -0.1) is 0 Å². The van der Waals surface area contributed by atoms with E-state index >= 15 is 0 Å². The first-order chi connectivity index (χ1) is 14.3. The van der Waals surface area contributed by atoms with Gasteiger partial charge in [0.15, 0.2) is 0 Å². The molecule has 30 heavy (non-hydrogen) atoms. The molecule has 0 radical (unpaired) electrons. The summed E-state index contributed by atoms with van der Waals surface area (Å²) in [5, 5.41) is 4.59. The van der Waals surface area contributed by atoms with Crippen LogP contribution in [0.2, 0.25) is 10.0 Å². The van der Waals surface area contributed by atoms with Crippen LogP contribution in [0, 0.1) is 6.92 Å². The second-order valence-corrected chi connectivity index (χ2v) is 8.81. The highest BCUT2D eigenvalue weighted by Gasteiger charge is 2.14. The molecule has 0 aliphatic heterocycles. The van der Waals surface area contributed by atoms with Crippen LogP contribution in [0.1, 0.15) is 21.5 Å². The number of anilines is 1. The van der Waals surface area contributed by atoms with E-state index < -0.39 is 15.9 Å². The average molecular weight is 462 g/mol. The summed E-state index contributed by atoms with van der Waals surface area (Å²) in [4.78, 5) is 12.4. The molecule has 0 heterocycles. The van der Waals surface area contributed by atoms with Crippen molar-refractivity contribution < 1.29 is 13.2 Å². The van der Waals surface area contributed by atoms with Crippen LogP contribution >= 0.6 is 23.2 Å². The number of nitrogens with zero attached hydrogens (tertiary/aromatic N) is 1. The number of hydrazone groups is 1. The van der Waals surface area contributed by atoms with Gasteiger partial charge in [-0.25, -0.2) is 13.8 Å². The topological polar surface area (TPSA) is 87.6 Å². The highest BCUT2D eigenvalue weighted by atomic mass is 35.5. The monoisotopic (exact) mass is 461 g/mol. The maximum atomic E-state index is 12.4. The van der Waals surface area contributed by atoms with Gasteiger partial charge in [0.05, 0.1) is 21.2 Å². The van der Waals surface area contributed by atoms with Crippen molar-refractivity contribution in [1.29, 1.82) is 0 Å². The summed E-state index contributed by atoms with van der Waals surface area (Å²) >= 11 is 12.0. The summed E-state index contributed by atoms with van der Waals surface area (Å²) in [6.45, 7) is 1.88. The predicted molar refractivity (Wildman–Crippen MR) is 120 cm³/mol. The van der Waals surface area contributed by atoms with Crippen molar-refractivity contribution in [3.8, 4) is 0 Å². The van der Waals surface area contributed by atoms with Crippen LogP contribution in [-0.4, -0.2) is 20.5 Å². The van der Waals surface area contributed by atoms with Gasteiger partial charge < -0.3 is 0 Å². The van der Waals surface area contributed by atoms with Crippen molar-refractivity contribution in [2.24, 2.45) is 5.10 Å². The van der Waals surface area contributed by atoms with Crippen molar-refractivity contribution in [2.75, 3.05) is 4.72 Å². The van der Waals surface area contributed by atoms with Gasteiger partial charge in [0.1, 0.15) is 0 Å². The molecule has 6 nitrogen and oxygen atoms in total. The third-order valence-corrected chi connectivity index (χ3v) is 6.31. The largest absolute Gasteiger partial charge is 0.280 e. The predicted octanol–water partition coefficient (Wildman–Crippen LogP) is 4.87. The van der Waals surface area contributed by atoms with Crippen molar-refractivity contribution in [3.63, 3.8) is 0 Å². The van der Waals surface area contributed by atoms with Crippen LogP contribution in [0.3, 0.4) is 0 Å². The van der Waals surface area contributed by atoms with Crippen molar-refractivity contribution in [1.82, 2.24) is 5.43 Å². The zero-order valence-electron chi connectivity index (χ0n) is 15.8. The minimum Gasteiger partial charge on any atom is -0.280 e.